The summed E-state index contributed by atoms with van der Waals surface area (Å²) >= 11 is 0. The van der Waals surface area contributed by atoms with Crippen molar-refractivity contribution in [3.05, 3.63) is 42.0 Å². The molecular weight excluding hydrogens is 256 g/mol. The molecule has 0 radical (unpaired) electrons. The predicted molar refractivity (Wildman–Crippen MR) is 92.2 cm³/mol. The van der Waals surface area contributed by atoms with E-state index >= 15 is 0 Å². The molecule has 0 amide bonds. The van der Waals surface area contributed by atoms with E-state index in [-0.39, 0.29) is 5.60 Å². The van der Waals surface area contributed by atoms with Crippen LogP contribution in [0, 0.1) is 5.92 Å². The minimum absolute atomic E-state index is 0.153. The van der Waals surface area contributed by atoms with Gasteiger partial charge >= 0.3 is 0 Å². The number of rotatable bonds is 4. The number of hydrogen-bond acceptors (Lipinski definition) is 1. The smallest absolute Gasteiger partial charge is 0.120 e. The first-order chi connectivity index (χ1) is 9.74. The summed E-state index contributed by atoms with van der Waals surface area (Å²) in [6.45, 7) is 13.1. The largest absolute Gasteiger partial charge is 0.488 e. The first-order valence-electron chi connectivity index (χ1n) is 7.97. The second-order valence-electron chi connectivity index (χ2n) is 7.51. The van der Waals surface area contributed by atoms with Gasteiger partial charge in [0, 0.05) is 0 Å². The lowest BCUT2D eigenvalue weighted by molar-refractivity contribution is 0.131. The summed E-state index contributed by atoms with van der Waals surface area (Å²) < 4.78 is 5.94. The number of ether oxygens (including phenoxy) is 1. The van der Waals surface area contributed by atoms with Gasteiger partial charge in [-0.25, -0.2) is 0 Å². The van der Waals surface area contributed by atoms with E-state index in [2.05, 4.69) is 77.9 Å². The van der Waals surface area contributed by atoms with E-state index in [1.165, 1.54) is 22.8 Å². The van der Waals surface area contributed by atoms with Crippen LogP contribution in [0.25, 0.3) is 10.8 Å². The van der Waals surface area contributed by atoms with Crippen LogP contribution >= 0.6 is 0 Å². The highest BCUT2D eigenvalue weighted by molar-refractivity contribution is 5.84. The Morgan fingerprint density at radius 2 is 1.52 bits per heavy atom. The first kappa shape index (κ1) is 15.9. The second-order valence-corrected chi connectivity index (χ2v) is 7.51. The SMILES string of the molecule is CC(C)CC(C)c1ccc2cc(OC(C)(C)C)ccc2c1. The molecule has 2 rings (SSSR count). The van der Waals surface area contributed by atoms with Crippen LogP contribution in [0.5, 0.6) is 5.75 Å². The van der Waals surface area contributed by atoms with Gasteiger partial charge in [0.15, 0.2) is 0 Å². The van der Waals surface area contributed by atoms with E-state index in [4.69, 9.17) is 4.74 Å². The molecule has 114 valence electrons. The van der Waals surface area contributed by atoms with Crippen molar-refractivity contribution in [2.75, 3.05) is 0 Å². The van der Waals surface area contributed by atoms with Gasteiger partial charge in [0.05, 0.1) is 0 Å². The van der Waals surface area contributed by atoms with Crippen molar-refractivity contribution in [1.82, 2.24) is 0 Å². The number of fused-ring (bicyclic) bond motifs is 1. The van der Waals surface area contributed by atoms with Crippen LogP contribution in [-0.4, -0.2) is 5.60 Å². The van der Waals surface area contributed by atoms with E-state index < -0.39 is 0 Å². The maximum atomic E-state index is 5.94. The maximum Gasteiger partial charge on any atom is 0.120 e. The summed E-state index contributed by atoms with van der Waals surface area (Å²) in [5, 5.41) is 2.54. The highest BCUT2D eigenvalue weighted by Gasteiger charge is 2.12. The Morgan fingerprint density at radius 3 is 2.14 bits per heavy atom. The first-order valence-corrected chi connectivity index (χ1v) is 7.97. The molecule has 0 heterocycles. The summed E-state index contributed by atoms with van der Waals surface area (Å²) in [4.78, 5) is 0. The van der Waals surface area contributed by atoms with Crippen molar-refractivity contribution in [3.63, 3.8) is 0 Å². The monoisotopic (exact) mass is 284 g/mol. The molecule has 2 aromatic rings. The molecule has 21 heavy (non-hydrogen) atoms. The molecule has 1 unspecified atom stereocenters. The van der Waals surface area contributed by atoms with Gasteiger partial charge in [0.25, 0.3) is 0 Å². The van der Waals surface area contributed by atoms with Crippen LogP contribution in [0.15, 0.2) is 36.4 Å². The molecule has 0 saturated heterocycles. The topological polar surface area (TPSA) is 9.23 Å². The van der Waals surface area contributed by atoms with Gasteiger partial charge in [-0.3, -0.25) is 0 Å². The van der Waals surface area contributed by atoms with Crippen molar-refractivity contribution in [2.45, 2.75) is 59.5 Å². The number of benzene rings is 2. The Bertz CT molecular complexity index is 605. The van der Waals surface area contributed by atoms with Crippen molar-refractivity contribution in [2.24, 2.45) is 5.92 Å². The fourth-order valence-electron chi connectivity index (χ4n) is 2.81. The van der Waals surface area contributed by atoms with Crippen molar-refractivity contribution in [3.8, 4) is 5.75 Å². The fourth-order valence-corrected chi connectivity index (χ4v) is 2.81. The van der Waals surface area contributed by atoms with Crippen LogP contribution in [-0.2, 0) is 0 Å². The standard InChI is InChI=1S/C20H28O/c1-14(2)11-15(3)16-7-8-18-13-19(21-20(4,5)6)10-9-17(18)12-16/h7-10,12-15H,11H2,1-6H3. The van der Waals surface area contributed by atoms with Crippen LogP contribution in [0.4, 0.5) is 0 Å². The molecule has 0 aliphatic carbocycles. The molecular formula is C20H28O. The molecule has 1 heteroatoms. The van der Waals surface area contributed by atoms with Crippen molar-refractivity contribution >= 4 is 10.8 Å². The second kappa shape index (κ2) is 6.09. The van der Waals surface area contributed by atoms with Crippen LogP contribution in [0.3, 0.4) is 0 Å². The van der Waals surface area contributed by atoms with E-state index in [0.29, 0.717) is 5.92 Å². The third kappa shape index (κ3) is 4.49. The van der Waals surface area contributed by atoms with Crippen LogP contribution in [0.1, 0.15) is 59.4 Å². The molecule has 0 bridgehead atoms. The third-order valence-corrected chi connectivity index (χ3v) is 3.65. The highest BCUT2D eigenvalue weighted by Crippen LogP contribution is 2.29. The minimum atomic E-state index is -0.153. The Labute approximate surface area is 129 Å². The molecule has 1 nitrogen and oxygen atoms in total. The molecule has 0 spiro atoms. The third-order valence-electron chi connectivity index (χ3n) is 3.65. The average molecular weight is 284 g/mol. The van der Waals surface area contributed by atoms with Gasteiger partial charge in [-0.05, 0) is 67.5 Å². The molecule has 0 aliphatic heterocycles. The molecule has 0 aliphatic rings. The maximum absolute atomic E-state index is 5.94. The van der Waals surface area contributed by atoms with Gasteiger partial charge in [-0.1, -0.05) is 45.0 Å². The zero-order valence-electron chi connectivity index (χ0n) is 14.2. The molecule has 2 aromatic carbocycles. The van der Waals surface area contributed by atoms with Crippen LogP contribution in [0.2, 0.25) is 0 Å². The average Bonchev–Trinajstić information content (AvgIpc) is 2.35. The molecule has 0 fully saturated rings. The van der Waals surface area contributed by atoms with Crippen molar-refractivity contribution in [1.29, 1.82) is 0 Å². The Morgan fingerprint density at radius 1 is 0.905 bits per heavy atom. The summed E-state index contributed by atoms with van der Waals surface area (Å²) in [5.74, 6) is 2.29. The van der Waals surface area contributed by atoms with E-state index in [1.807, 2.05) is 0 Å². The van der Waals surface area contributed by atoms with E-state index in [9.17, 15) is 0 Å². The van der Waals surface area contributed by atoms with Gasteiger partial charge < -0.3 is 4.74 Å². The van der Waals surface area contributed by atoms with Gasteiger partial charge in [0.2, 0.25) is 0 Å². The lowest BCUT2D eigenvalue weighted by Gasteiger charge is -2.21. The Hall–Kier alpha value is -1.50. The quantitative estimate of drug-likeness (QED) is 0.652. The lowest BCUT2D eigenvalue weighted by atomic mass is 9.91. The van der Waals surface area contributed by atoms with E-state index in [1.54, 1.807) is 0 Å². The molecule has 1 atom stereocenters. The van der Waals surface area contributed by atoms with Crippen LogP contribution < -0.4 is 4.74 Å². The number of hydrogen-bond donors (Lipinski definition) is 0. The Kier molecular flexibility index (Phi) is 4.61. The zero-order valence-corrected chi connectivity index (χ0v) is 14.2. The summed E-state index contributed by atoms with van der Waals surface area (Å²) in [6.07, 6.45) is 1.23. The van der Waals surface area contributed by atoms with E-state index in [0.717, 1.165) is 11.7 Å². The van der Waals surface area contributed by atoms with Gasteiger partial charge in [-0.2, -0.15) is 0 Å². The molecule has 0 N–H and O–H groups in total. The summed E-state index contributed by atoms with van der Waals surface area (Å²) in [5.41, 5.74) is 1.28. The molecule has 0 saturated carbocycles. The fraction of sp³-hybridized carbons (Fsp3) is 0.500. The lowest BCUT2D eigenvalue weighted by Crippen LogP contribution is -2.22. The predicted octanol–water partition coefficient (Wildman–Crippen LogP) is 6.17. The van der Waals surface area contributed by atoms with Gasteiger partial charge in [0.1, 0.15) is 11.4 Å². The zero-order chi connectivity index (χ0) is 15.6. The Balaban J connectivity index is 2.27. The highest BCUT2D eigenvalue weighted by atomic mass is 16.5. The molecule has 0 aromatic heterocycles. The summed E-state index contributed by atoms with van der Waals surface area (Å²) in [6, 6.07) is 13.2. The minimum Gasteiger partial charge on any atom is -0.488 e. The van der Waals surface area contributed by atoms with Crippen molar-refractivity contribution < 1.29 is 4.74 Å². The normalized spacial score (nSPS) is 13.7. The van der Waals surface area contributed by atoms with Gasteiger partial charge in [-0.15, -0.1) is 0 Å². The summed E-state index contributed by atoms with van der Waals surface area (Å²) in [7, 11) is 0.